The van der Waals surface area contributed by atoms with Crippen molar-refractivity contribution in [3.63, 3.8) is 0 Å². The highest BCUT2D eigenvalue weighted by Gasteiger charge is 2.15. The first-order valence-electron chi connectivity index (χ1n) is 5.15. The normalized spacial score (nSPS) is 10.6. The molecule has 17 heavy (non-hydrogen) atoms. The highest BCUT2D eigenvalue weighted by molar-refractivity contribution is 6.83. The van der Waals surface area contributed by atoms with Gasteiger partial charge in [0.25, 0.3) is 5.69 Å². The van der Waals surface area contributed by atoms with Gasteiger partial charge in [-0.15, -0.1) is 5.54 Å². The minimum absolute atomic E-state index is 0.0425. The van der Waals surface area contributed by atoms with Crippen molar-refractivity contribution in [2.75, 3.05) is 5.73 Å². The Balaban J connectivity index is 3.29. The van der Waals surface area contributed by atoms with Crippen LogP contribution in [0.15, 0.2) is 6.07 Å². The fraction of sp³-hybridized carbons (Fsp3) is 0.364. The van der Waals surface area contributed by atoms with Crippen molar-refractivity contribution < 1.29 is 4.92 Å². The molecule has 0 bridgehead atoms. The van der Waals surface area contributed by atoms with E-state index in [9.17, 15) is 10.1 Å². The van der Waals surface area contributed by atoms with E-state index in [1.54, 1.807) is 6.92 Å². The summed E-state index contributed by atoms with van der Waals surface area (Å²) >= 11 is 0. The summed E-state index contributed by atoms with van der Waals surface area (Å²) in [6.45, 7) is 7.83. The number of aryl methyl sites for hydroxylation is 1. The minimum Gasteiger partial charge on any atom is -0.383 e. The van der Waals surface area contributed by atoms with Gasteiger partial charge in [0, 0.05) is 6.07 Å². The predicted molar refractivity (Wildman–Crippen MR) is 70.3 cm³/mol. The molecule has 0 radical (unpaired) electrons. The highest BCUT2D eigenvalue weighted by atomic mass is 28.3. The lowest BCUT2D eigenvalue weighted by molar-refractivity contribution is -0.385. The maximum Gasteiger partial charge on any atom is 0.291 e. The van der Waals surface area contributed by atoms with Crippen LogP contribution in [0.5, 0.6) is 0 Å². The maximum absolute atomic E-state index is 10.8. The van der Waals surface area contributed by atoms with Gasteiger partial charge in [-0.05, 0) is 6.92 Å². The molecule has 6 heteroatoms. The van der Waals surface area contributed by atoms with Gasteiger partial charge in [-0.25, -0.2) is 4.98 Å². The first-order valence-corrected chi connectivity index (χ1v) is 8.65. The molecule has 1 aromatic rings. The molecule has 5 nitrogen and oxygen atoms in total. The number of rotatable bonds is 1. The Kier molecular flexibility index (Phi) is 3.53. The number of aromatic nitrogens is 1. The Hall–Kier alpha value is -1.87. The van der Waals surface area contributed by atoms with Crippen molar-refractivity contribution in [2.24, 2.45) is 0 Å². The van der Waals surface area contributed by atoms with Crippen LogP contribution in [0, 0.1) is 28.5 Å². The van der Waals surface area contributed by atoms with Crippen molar-refractivity contribution in [1.29, 1.82) is 0 Å². The average molecular weight is 249 g/mol. The fourth-order valence-electron chi connectivity index (χ4n) is 1.15. The summed E-state index contributed by atoms with van der Waals surface area (Å²) in [6, 6.07) is 1.39. The zero-order valence-electron chi connectivity index (χ0n) is 10.4. The van der Waals surface area contributed by atoms with Crippen LogP contribution >= 0.6 is 0 Å². The third kappa shape index (κ3) is 3.57. The molecule has 0 unspecified atom stereocenters. The van der Waals surface area contributed by atoms with Gasteiger partial charge in [0.15, 0.2) is 0 Å². The van der Waals surface area contributed by atoms with Crippen LogP contribution in [-0.4, -0.2) is 18.0 Å². The number of nitrogen functional groups attached to an aromatic ring is 1. The second-order valence-corrected chi connectivity index (χ2v) is 9.53. The zero-order chi connectivity index (χ0) is 13.2. The van der Waals surface area contributed by atoms with E-state index in [4.69, 9.17) is 5.73 Å². The van der Waals surface area contributed by atoms with Crippen molar-refractivity contribution in [3.05, 3.63) is 27.4 Å². The Labute approximate surface area is 101 Å². The van der Waals surface area contributed by atoms with Crippen molar-refractivity contribution in [1.82, 2.24) is 4.98 Å². The van der Waals surface area contributed by atoms with E-state index in [0.29, 0.717) is 11.3 Å². The summed E-state index contributed by atoms with van der Waals surface area (Å²) in [5, 5.41) is 10.8. The largest absolute Gasteiger partial charge is 0.383 e. The molecular formula is C11H15N3O2Si. The molecule has 0 saturated heterocycles. The summed E-state index contributed by atoms with van der Waals surface area (Å²) in [7, 11) is -1.54. The van der Waals surface area contributed by atoms with E-state index in [1.165, 1.54) is 6.07 Å². The fourth-order valence-corrected chi connectivity index (χ4v) is 1.66. The SMILES string of the molecule is Cc1nc(N)c(C#C[Si](C)(C)C)cc1[N+](=O)[O-]. The van der Waals surface area contributed by atoms with E-state index < -0.39 is 13.0 Å². The van der Waals surface area contributed by atoms with Crippen LogP contribution in [0.4, 0.5) is 11.5 Å². The lowest BCUT2D eigenvalue weighted by Gasteiger charge is -2.04. The molecular weight excluding hydrogens is 234 g/mol. The second kappa shape index (κ2) is 4.55. The van der Waals surface area contributed by atoms with Gasteiger partial charge in [-0.1, -0.05) is 25.6 Å². The summed E-state index contributed by atoms with van der Waals surface area (Å²) in [5.41, 5.74) is 9.51. The Bertz CT molecular complexity index is 524. The third-order valence-corrected chi connectivity index (χ3v) is 2.86. The number of nitrogens with two attached hydrogens (primary N) is 1. The van der Waals surface area contributed by atoms with Crippen molar-refractivity contribution in [2.45, 2.75) is 26.6 Å². The minimum atomic E-state index is -1.54. The summed E-state index contributed by atoms with van der Waals surface area (Å²) in [4.78, 5) is 14.2. The molecule has 90 valence electrons. The molecule has 0 atom stereocenters. The molecule has 1 heterocycles. The van der Waals surface area contributed by atoms with Crippen LogP contribution in [0.2, 0.25) is 19.6 Å². The van der Waals surface area contributed by atoms with E-state index in [0.717, 1.165) is 0 Å². The predicted octanol–water partition coefficient (Wildman–Crippen LogP) is 2.11. The monoisotopic (exact) mass is 249 g/mol. The van der Waals surface area contributed by atoms with Crippen LogP contribution in [0.25, 0.3) is 0 Å². The summed E-state index contributed by atoms with van der Waals surface area (Å²) in [5.74, 6) is 3.14. The molecule has 2 N–H and O–H groups in total. The molecule has 0 aliphatic carbocycles. The number of hydrogen-bond acceptors (Lipinski definition) is 4. The first kappa shape index (κ1) is 13.2. The molecule has 0 aliphatic heterocycles. The molecule has 0 amide bonds. The second-order valence-electron chi connectivity index (χ2n) is 4.78. The number of pyridine rings is 1. The van der Waals surface area contributed by atoms with Crippen LogP contribution in [0.1, 0.15) is 11.3 Å². The topological polar surface area (TPSA) is 82.0 Å². The van der Waals surface area contributed by atoms with Crippen molar-refractivity contribution in [3.8, 4) is 11.5 Å². The van der Waals surface area contributed by atoms with E-state index in [-0.39, 0.29) is 11.5 Å². The van der Waals surface area contributed by atoms with Gasteiger partial charge >= 0.3 is 0 Å². The molecule has 1 aromatic heterocycles. The first-order chi connectivity index (χ1) is 7.70. The zero-order valence-corrected chi connectivity index (χ0v) is 11.4. The van der Waals surface area contributed by atoms with Crippen LogP contribution in [-0.2, 0) is 0 Å². The molecule has 1 rings (SSSR count). The van der Waals surface area contributed by atoms with E-state index >= 15 is 0 Å². The standard InChI is InChI=1S/C11H15N3O2Si/c1-8-10(14(15)16)7-9(11(12)13-8)5-6-17(2,3)4/h7H,1-4H3,(H2,12,13). The van der Waals surface area contributed by atoms with E-state index in [1.807, 2.05) is 0 Å². The van der Waals surface area contributed by atoms with Crippen LogP contribution < -0.4 is 5.73 Å². The molecule has 0 saturated carbocycles. The number of anilines is 1. The number of hydrogen-bond donors (Lipinski definition) is 1. The van der Waals surface area contributed by atoms with Gasteiger partial charge in [0.1, 0.15) is 19.6 Å². The number of nitrogens with zero attached hydrogens (tertiary/aromatic N) is 2. The lowest BCUT2D eigenvalue weighted by atomic mass is 10.2. The van der Waals surface area contributed by atoms with Gasteiger partial charge < -0.3 is 5.73 Å². The molecule has 0 aromatic carbocycles. The van der Waals surface area contributed by atoms with Gasteiger partial charge in [-0.2, -0.15) is 0 Å². The molecule has 0 spiro atoms. The lowest BCUT2D eigenvalue weighted by Crippen LogP contribution is -2.16. The van der Waals surface area contributed by atoms with Gasteiger partial charge in [0.05, 0.1) is 10.5 Å². The molecule has 0 aliphatic rings. The number of nitro groups is 1. The summed E-state index contributed by atoms with van der Waals surface area (Å²) in [6.07, 6.45) is 0. The van der Waals surface area contributed by atoms with Gasteiger partial charge in [0.2, 0.25) is 0 Å². The van der Waals surface area contributed by atoms with Gasteiger partial charge in [-0.3, -0.25) is 10.1 Å². The highest BCUT2D eigenvalue weighted by Crippen LogP contribution is 2.20. The van der Waals surface area contributed by atoms with Crippen molar-refractivity contribution >= 4 is 19.6 Å². The van der Waals surface area contributed by atoms with Crippen LogP contribution in [0.3, 0.4) is 0 Å². The maximum atomic E-state index is 10.8. The Morgan fingerprint density at radius 2 is 2.06 bits per heavy atom. The Morgan fingerprint density at radius 1 is 1.47 bits per heavy atom. The quantitative estimate of drug-likeness (QED) is 0.357. The molecule has 0 fully saturated rings. The van der Waals surface area contributed by atoms with E-state index in [2.05, 4.69) is 36.1 Å². The Morgan fingerprint density at radius 3 is 2.53 bits per heavy atom. The smallest absolute Gasteiger partial charge is 0.291 e. The summed E-state index contributed by atoms with van der Waals surface area (Å²) < 4.78 is 0. The third-order valence-electron chi connectivity index (χ3n) is 1.98. The average Bonchev–Trinajstić information content (AvgIpc) is 2.14.